The zero-order valence-electron chi connectivity index (χ0n) is 13.0. The third-order valence-corrected chi connectivity index (χ3v) is 7.06. The van der Waals surface area contributed by atoms with Gasteiger partial charge in [-0.15, -0.1) is 22.7 Å². The molecule has 0 fully saturated rings. The SMILES string of the molecule is CCN(CC)Cc1csc(CNS(=O)(=O)c2ccc(C)s2)n1. The van der Waals surface area contributed by atoms with Crippen LogP contribution in [0.3, 0.4) is 0 Å². The highest BCUT2D eigenvalue weighted by atomic mass is 32.2. The Hall–Kier alpha value is -0.800. The fourth-order valence-electron chi connectivity index (χ4n) is 1.96. The van der Waals surface area contributed by atoms with Gasteiger partial charge in [0.05, 0.1) is 12.2 Å². The van der Waals surface area contributed by atoms with E-state index in [1.165, 1.54) is 22.7 Å². The van der Waals surface area contributed by atoms with Crippen LogP contribution in [0.25, 0.3) is 0 Å². The summed E-state index contributed by atoms with van der Waals surface area (Å²) >= 11 is 2.77. The monoisotopic (exact) mass is 359 g/mol. The van der Waals surface area contributed by atoms with E-state index in [0.29, 0.717) is 4.21 Å². The number of hydrogen-bond acceptors (Lipinski definition) is 6. The van der Waals surface area contributed by atoms with E-state index in [9.17, 15) is 8.42 Å². The summed E-state index contributed by atoms with van der Waals surface area (Å²) in [5.41, 5.74) is 0.995. The van der Waals surface area contributed by atoms with Crippen molar-refractivity contribution in [3.05, 3.63) is 33.1 Å². The first-order valence-corrected chi connectivity index (χ1v) is 10.3. The number of sulfonamides is 1. The summed E-state index contributed by atoms with van der Waals surface area (Å²) < 4.78 is 27.3. The van der Waals surface area contributed by atoms with E-state index in [1.54, 1.807) is 6.07 Å². The molecule has 2 aromatic heterocycles. The van der Waals surface area contributed by atoms with E-state index in [1.807, 2.05) is 18.4 Å². The number of rotatable bonds is 8. The Morgan fingerprint density at radius 3 is 2.59 bits per heavy atom. The number of hydrogen-bond donors (Lipinski definition) is 1. The normalized spacial score (nSPS) is 12.2. The van der Waals surface area contributed by atoms with Crippen LogP contribution in [0.2, 0.25) is 0 Å². The molecule has 0 radical (unpaired) electrons. The number of thiazole rings is 1. The maximum absolute atomic E-state index is 12.2. The number of thiophene rings is 1. The van der Waals surface area contributed by atoms with Crippen molar-refractivity contribution < 1.29 is 8.42 Å². The molecular formula is C14H21N3O2S3. The van der Waals surface area contributed by atoms with Crippen molar-refractivity contribution >= 4 is 32.7 Å². The second-order valence-corrected chi connectivity index (χ2v) is 9.11. The van der Waals surface area contributed by atoms with Crippen molar-refractivity contribution in [2.75, 3.05) is 13.1 Å². The predicted molar refractivity (Wildman–Crippen MR) is 91.8 cm³/mol. The summed E-state index contributed by atoms with van der Waals surface area (Å²) in [5.74, 6) is 0. The molecule has 0 saturated heterocycles. The molecule has 0 saturated carbocycles. The summed E-state index contributed by atoms with van der Waals surface area (Å²) in [4.78, 5) is 7.76. The first-order valence-electron chi connectivity index (χ1n) is 7.16. The second-order valence-electron chi connectivity index (χ2n) is 4.88. The van der Waals surface area contributed by atoms with Crippen LogP contribution in [-0.2, 0) is 23.1 Å². The molecule has 0 aliphatic rings. The zero-order chi connectivity index (χ0) is 16.2. The number of nitrogens with one attached hydrogen (secondary N) is 1. The minimum atomic E-state index is -3.44. The van der Waals surface area contributed by atoms with E-state index in [2.05, 4.69) is 28.5 Å². The second kappa shape index (κ2) is 7.65. The van der Waals surface area contributed by atoms with Crippen LogP contribution < -0.4 is 4.72 Å². The molecule has 0 unspecified atom stereocenters. The number of aromatic nitrogens is 1. The Balaban J connectivity index is 1.96. The maximum Gasteiger partial charge on any atom is 0.250 e. The van der Waals surface area contributed by atoms with Crippen LogP contribution in [0.1, 0.15) is 29.4 Å². The molecule has 2 rings (SSSR count). The van der Waals surface area contributed by atoms with Crippen molar-refractivity contribution in [2.45, 2.75) is 38.1 Å². The predicted octanol–water partition coefficient (Wildman–Crippen LogP) is 2.83. The van der Waals surface area contributed by atoms with Crippen molar-refractivity contribution in [1.29, 1.82) is 0 Å². The van der Waals surface area contributed by atoms with Crippen LogP contribution in [0.15, 0.2) is 21.7 Å². The molecule has 122 valence electrons. The van der Waals surface area contributed by atoms with Gasteiger partial charge >= 0.3 is 0 Å². The van der Waals surface area contributed by atoms with E-state index >= 15 is 0 Å². The minimum Gasteiger partial charge on any atom is -0.298 e. The standard InChI is InChI=1S/C14H21N3O2S3/c1-4-17(5-2)9-12-10-20-13(16-12)8-15-22(18,19)14-7-6-11(3)21-14/h6-7,10,15H,4-5,8-9H2,1-3H3. The van der Waals surface area contributed by atoms with Crippen LogP contribution >= 0.6 is 22.7 Å². The summed E-state index contributed by atoms with van der Waals surface area (Å²) in [7, 11) is -3.44. The summed E-state index contributed by atoms with van der Waals surface area (Å²) in [6.07, 6.45) is 0. The molecule has 1 N–H and O–H groups in total. The Bertz CT molecular complexity index is 702. The van der Waals surface area contributed by atoms with Gasteiger partial charge in [-0.3, -0.25) is 4.90 Å². The van der Waals surface area contributed by atoms with Gasteiger partial charge in [0.15, 0.2) is 0 Å². The van der Waals surface area contributed by atoms with Crippen LogP contribution in [0.4, 0.5) is 0 Å². The Morgan fingerprint density at radius 2 is 2.00 bits per heavy atom. The summed E-state index contributed by atoms with van der Waals surface area (Å²) in [6.45, 7) is 9.13. The average Bonchev–Trinajstić information content (AvgIpc) is 3.12. The van der Waals surface area contributed by atoms with Crippen molar-refractivity contribution in [3.63, 3.8) is 0 Å². The van der Waals surface area contributed by atoms with Gasteiger partial charge in [0.25, 0.3) is 0 Å². The number of nitrogens with zero attached hydrogens (tertiary/aromatic N) is 2. The van der Waals surface area contributed by atoms with E-state index in [0.717, 1.165) is 35.2 Å². The van der Waals surface area contributed by atoms with Gasteiger partial charge in [0.1, 0.15) is 9.22 Å². The molecule has 0 amide bonds. The third-order valence-electron chi connectivity index (χ3n) is 3.27. The van der Waals surface area contributed by atoms with E-state index in [4.69, 9.17) is 0 Å². The van der Waals surface area contributed by atoms with Gasteiger partial charge < -0.3 is 0 Å². The molecule has 5 nitrogen and oxygen atoms in total. The summed E-state index contributed by atoms with van der Waals surface area (Å²) in [5, 5.41) is 2.79. The topological polar surface area (TPSA) is 62.3 Å². The van der Waals surface area contributed by atoms with Crippen LogP contribution in [0, 0.1) is 6.92 Å². The Labute approximate surface area is 140 Å². The van der Waals surface area contributed by atoms with Crippen molar-refractivity contribution in [1.82, 2.24) is 14.6 Å². The molecule has 0 bridgehead atoms. The largest absolute Gasteiger partial charge is 0.298 e. The molecule has 22 heavy (non-hydrogen) atoms. The lowest BCUT2D eigenvalue weighted by Gasteiger charge is -2.15. The molecule has 2 aromatic rings. The highest BCUT2D eigenvalue weighted by Gasteiger charge is 2.16. The maximum atomic E-state index is 12.2. The highest BCUT2D eigenvalue weighted by Crippen LogP contribution is 2.21. The van der Waals surface area contributed by atoms with Gasteiger partial charge in [-0.1, -0.05) is 13.8 Å². The molecule has 8 heteroatoms. The molecule has 0 atom stereocenters. The number of aryl methyl sites for hydroxylation is 1. The van der Waals surface area contributed by atoms with Crippen molar-refractivity contribution in [3.8, 4) is 0 Å². The van der Waals surface area contributed by atoms with Crippen molar-refractivity contribution in [2.24, 2.45) is 0 Å². The van der Waals surface area contributed by atoms with Gasteiger partial charge in [-0.2, -0.15) is 0 Å². The highest BCUT2D eigenvalue weighted by molar-refractivity contribution is 7.91. The fourth-order valence-corrected chi connectivity index (χ4v) is 5.10. The van der Waals surface area contributed by atoms with Crippen LogP contribution in [0.5, 0.6) is 0 Å². The fraction of sp³-hybridized carbons (Fsp3) is 0.500. The van der Waals surface area contributed by atoms with Gasteiger partial charge in [-0.25, -0.2) is 18.1 Å². The van der Waals surface area contributed by atoms with E-state index < -0.39 is 10.0 Å². The molecule has 0 spiro atoms. The van der Waals surface area contributed by atoms with E-state index in [-0.39, 0.29) is 6.54 Å². The lowest BCUT2D eigenvalue weighted by molar-refractivity contribution is 0.292. The molecule has 0 aliphatic carbocycles. The lowest BCUT2D eigenvalue weighted by Crippen LogP contribution is -2.23. The third kappa shape index (κ3) is 4.60. The average molecular weight is 360 g/mol. The lowest BCUT2D eigenvalue weighted by atomic mass is 10.4. The zero-order valence-corrected chi connectivity index (χ0v) is 15.4. The smallest absolute Gasteiger partial charge is 0.250 e. The molecule has 0 aliphatic heterocycles. The van der Waals surface area contributed by atoms with Gasteiger partial charge in [-0.05, 0) is 32.1 Å². The Kier molecular flexibility index (Phi) is 6.10. The Morgan fingerprint density at radius 1 is 1.27 bits per heavy atom. The first kappa shape index (κ1) is 17.6. The quantitative estimate of drug-likeness (QED) is 0.787. The minimum absolute atomic E-state index is 0.238. The first-order chi connectivity index (χ1) is 10.4. The summed E-state index contributed by atoms with van der Waals surface area (Å²) in [6, 6.07) is 3.45. The molecular weight excluding hydrogens is 338 g/mol. The van der Waals surface area contributed by atoms with Gasteiger partial charge in [0, 0.05) is 16.8 Å². The molecule has 2 heterocycles. The van der Waals surface area contributed by atoms with Crippen LogP contribution in [-0.4, -0.2) is 31.4 Å². The molecule has 0 aromatic carbocycles. The van der Waals surface area contributed by atoms with Gasteiger partial charge in [0.2, 0.25) is 10.0 Å².